The third kappa shape index (κ3) is 10.7. The fourth-order valence-corrected chi connectivity index (χ4v) is 3.52. The summed E-state index contributed by atoms with van der Waals surface area (Å²) in [6.07, 6.45) is 1.77. The molecule has 0 unspecified atom stereocenters. The molecule has 0 bridgehead atoms. The van der Waals surface area contributed by atoms with Gasteiger partial charge in [-0.05, 0) is 6.42 Å². The Kier molecular flexibility index (Phi) is 14.8. The van der Waals surface area contributed by atoms with Gasteiger partial charge in [-0.1, -0.05) is 6.58 Å². The zero-order valence-corrected chi connectivity index (χ0v) is 17.2. The molecule has 138 valence electrons. The van der Waals surface area contributed by atoms with Crippen molar-refractivity contribution in [2.24, 2.45) is 0 Å². The van der Waals surface area contributed by atoms with E-state index >= 15 is 0 Å². The molecule has 0 fully saturated rings. The molecule has 0 amide bonds. The predicted octanol–water partition coefficient (Wildman–Crippen LogP) is 1.48. The van der Waals surface area contributed by atoms with Crippen molar-refractivity contribution in [3.8, 4) is 0 Å². The molecule has 0 atom stereocenters. The van der Waals surface area contributed by atoms with E-state index < -0.39 is 23.6 Å². The van der Waals surface area contributed by atoms with Crippen LogP contribution >= 0.6 is 0 Å². The zero-order valence-electron chi connectivity index (χ0n) is 15.2. The quantitative estimate of drug-likeness (QED) is 0.234. The molecule has 0 radical (unpaired) electrons. The SMILES string of the molecule is C=CC(=O)OCCC[Si](OC)(OC)OC.CO[Si](C)(OC)OC. The van der Waals surface area contributed by atoms with Gasteiger partial charge in [0.2, 0.25) is 0 Å². The van der Waals surface area contributed by atoms with Gasteiger partial charge < -0.3 is 31.3 Å². The highest BCUT2D eigenvalue weighted by atomic mass is 28.4. The minimum Gasteiger partial charge on any atom is -0.463 e. The van der Waals surface area contributed by atoms with Crippen molar-refractivity contribution in [3.63, 3.8) is 0 Å². The summed E-state index contributed by atoms with van der Waals surface area (Å²) in [6, 6.07) is 0.612. The van der Waals surface area contributed by atoms with Gasteiger partial charge in [0, 0.05) is 61.3 Å². The van der Waals surface area contributed by atoms with E-state index in [-0.39, 0.29) is 0 Å². The Bertz CT molecular complexity index is 303. The Morgan fingerprint density at radius 1 is 0.913 bits per heavy atom. The van der Waals surface area contributed by atoms with Gasteiger partial charge >= 0.3 is 23.6 Å². The maximum atomic E-state index is 10.7. The van der Waals surface area contributed by atoms with Crippen LogP contribution in [0.5, 0.6) is 0 Å². The third-order valence-corrected chi connectivity index (χ3v) is 8.14. The van der Waals surface area contributed by atoms with E-state index in [1.165, 1.54) is 0 Å². The summed E-state index contributed by atoms with van der Waals surface area (Å²) in [5.41, 5.74) is 0. The summed E-state index contributed by atoms with van der Waals surface area (Å²) in [5, 5.41) is 0. The number of ether oxygens (including phenoxy) is 1. The maximum absolute atomic E-state index is 10.7. The van der Waals surface area contributed by atoms with Gasteiger partial charge in [-0.25, -0.2) is 4.79 Å². The van der Waals surface area contributed by atoms with Crippen LogP contribution in [0.25, 0.3) is 0 Å². The summed E-state index contributed by atoms with van der Waals surface area (Å²) in [5.74, 6) is -0.422. The Morgan fingerprint density at radius 2 is 1.35 bits per heavy atom. The highest BCUT2D eigenvalue weighted by Gasteiger charge is 2.36. The van der Waals surface area contributed by atoms with E-state index in [2.05, 4.69) is 6.58 Å². The summed E-state index contributed by atoms with van der Waals surface area (Å²) >= 11 is 0. The first-order chi connectivity index (χ1) is 10.8. The molecular weight excluding hydrogens is 340 g/mol. The molecule has 0 aliphatic heterocycles. The van der Waals surface area contributed by atoms with Gasteiger partial charge in [0.1, 0.15) is 0 Å². The molecule has 0 spiro atoms. The topological polar surface area (TPSA) is 81.7 Å². The molecule has 0 aromatic rings. The normalized spacial score (nSPS) is 11.4. The molecule has 23 heavy (non-hydrogen) atoms. The second-order valence-corrected chi connectivity index (χ2v) is 10.3. The van der Waals surface area contributed by atoms with Crippen molar-refractivity contribution in [1.29, 1.82) is 0 Å². The maximum Gasteiger partial charge on any atom is 0.500 e. The van der Waals surface area contributed by atoms with Crippen molar-refractivity contribution in [1.82, 2.24) is 0 Å². The lowest BCUT2D eigenvalue weighted by atomic mass is 10.5. The van der Waals surface area contributed by atoms with E-state index in [0.29, 0.717) is 19.1 Å². The van der Waals surface area contributed by atoms with Crippen LogP contribution in [0.3, 0.4) is 0 Å². The first-order valence-electron chi connectivity index (χ1n) is 6.92. The van der Waals surface area contributed by atoms with Crippen LogP contribution in [0.1, 0.15) is 6.42 Å². The van der Waals surface area contributed by atoms with Crippen LogP contribution in [0.2, 0.25) is 12.6 Å². The largest absolute Gasteiger partial charge is 0.500 e. The van der Waals surface area contributed by atoms with E-state index in [0.717, 1.165) is 6.08 Å². The molecule has 0 heterocycles. The predicted molar refractivity (Wildman–Crippen MR) is 90.0 cm³/mol. The number of carbonyl (C=O) groups excluding carboxylic acids is 1. The fourth-order valence-electron chi connectivity index (χ4n) is 1.33. The lowest BCUT2D eigenvalue weighted by Crippen LogP contribution is -2.42. The molecule has 0 saturated carbocycles. The molecular formula is C13H30O8Si2. The van der Waals surface area contributed by atoms with Crippen molar-refractivity contribution in [2.75, 3.05) is 49.3 Å². The van der Waals surface area contributed by atoms with Crippen molar-refractivity contribution in [3.05, 3.63) is 12.7 Å². The van der Waals surface area contributed by atoms with Gasteiger partial charge in [0.05, 0.1) is 6.61 Å². The monoisotopic (exact) mass is 370 g/mol. The molecule has 0 N–H and O–H groups in total. The summed E-state index contributed by atoms with van der Waals surface area (Å²) in [7, 11) is 4.71. The van der Waals surface area contributed by atoms with Gasteiger partial charge in [-0.2, -0.15) is 0 Å². The molecule has 0 aromatic carbocycles. The number of hydrogen-bond donors (Lipinski definition) is 0. The van der Waals surface area contributed by atoms with E-state index in [1.807, 2.05) is 6.55 Å². The Hall–Kier alpha value is -0.596. The summed E-state index contributed by atoms with van der Waals surface area (Å²) < 4.78 is 35.2. The van der Waals surface area contributed by atoms with Crippen LogP contribution in [-0.4, -0.2) is 72.8 Å². The van der Waals surface area contributed by atoms with E-state index in [1.54, 1.807) is 42.7 Å². The van der Waals surface area contributed by atoms with Gasteiger partial charge in [0.25, 0.3) is 0 Å². The molecule has 0 aliphatic carbocycles. The first-order valence-corrected chi connectivity index (χ1v) is 11.1. The van der Waals surface area contributed by atoms with E-state index in [4.69, 9.17) is 31.3 Å². The van der Waals surface area contributed by atoms with Crippen molar-refractivity contribution >= 4 is 23.6 Å². The third-order valence-electron chi connectivity index (χ3n) is 3.08. The number of rotatable bonds is 11. The highest BCUT2D eigenvalue weighted by molar-refractivity contribution is 6.60. The zero-order chi connectivity index (χ0) is 18.4. The van der Waals surface area contributed by atoms with E-state index in [9.17, 15) is 4.79 Å². The van der Waals surface area contributed by atoms with Gasteiger partial charge in [-0.15, -0.1) is 0 Å². The fraction of sp³-hybridized carbons (Fsp3) is 0.769. The smallest absolute Gasteiger partial charge is 0.463 e. The van der Waals surface area contributed by atoms with Crippen LogP contribution in [0, 0.1) is 0 Å². The average molecular weight is 371 g/mol. The van der Waals surface area contributed by atoms with Crippen molar-refractivity contribution in [2.45, 2.75) is 19.0 Å². The minimum absolute atomic E-state index is 0.315. The molecule has 10 heteroatoms. The first kappa shape index (κ1) is 24.7. The number of esters is 1. The van der Waals surface area contributed by atoms with Crippen molar-refractivity contribution < 1.29 is 36.1 Å². The van der Waals surface area contributed by atoms with Crippen LogP contribution in [-0.2, 0) is 36.1 Å². The van der Waals surface area contributed by atoms with Crippen LogP contribution in [0.15, 0.2) is 12.7 Å². The molecule has 0 aliphatic rings. The lowest BCUT2D eigenvalue weighted by molar-refractivity contribution is -0.137. The van der Waals surface area contributed by atoms with Crippen LogP contribution in [0.4, 0.5) is 0 Å². The summed E-state index contributed by atoms with van der Waals surface area (Å²) in [6.45, 7) is 5.44. The number of hydrogen-bond acceptors (Lipinski definition) is 8. The number of carbonyl (C=O) groups is 1. The second kappa shape index (κ2) is 13.8. The van der Waals surface area contributed by atoms with Crippen LogP contribution < -0.4 is 0 Å². The second-order valence-electron chi connectivity index (χ2n) is 4.25. The van der Waals surface area contributed by atoms with Gasteiger partial charge in [0.15, 0.2) is 0 Å². The standard InChI is InChI=1S/C9H18O5Si.C4H12O3Si/c1-5-9(10)14-7-6-8-15(11-2,12-3)13-4;1-5-8(4,6-2)7-3/h5H,1,6-8H2,2-4H3;1-4H3. The minimum atomic E-state index is -2.52. The molecule has 0 aromatic heterocycles. The lowest BCUT2D eigenvalue weighted by Gasteiger charge is -2.23. The average Bonchev–Trinajstić information content (AvgIpc) is 2.62. The molecule has 8 nitrogen and oxygen atoms in total. The Morgan fingerprint density at radius 3 is 1.61 bits per heavy atom. The summed E-state index contributed by atoms with van der Waals surface area (Å²) in [4.78, 5) is 10.7. The molecule has 0 rings (SSSR count). The van der Waals surface area contributed by atoms with Gasteiger partial charge in [-0.3, -0.25) is 0 Å². The Labute approximate surface area is 141 Å². The Balaban J connectivity index is 0. The highest BCUT2D eigenvalue weighted by Crippen LogP contribution is 2.14. The molecule has 0 saturated heterocycles.